The van der Waals surface area contributed by atoms with Gasteiger partial charge < -0.3 is 9.64 Å². The molecule has 3 aliphatic rings. The number of rotatable bonds is 8. The molecule has 0 N–H and O–H groups in total. The first-order chi connectivity index (χ1) is 18.7. The van der Waals surface area contributed by atoms with E-state index in [-0.39, 0.29) is 27.7 Å². The van der Waals surface area contributed by atoms with Crippen LogP contribution in [-0.2, 0) is 9.84 Å². The van der Waals surface area contributed by atoms with Gasteiger partial charge in [-0.05, 0) is 74.5 Å². The Morgan fingerprint density at radius 2 is 1.75 bits per heavy atom. The van der Waals surface area contributed by atoms with E-state index in [1.54, 1.807) is 29.7 Å². The SMILES string of the molecule is C=S(C)c1cc(OC2CC2)cc(S(C)(=O)=O)c1C(=O)N1CCC(CSC2C=C(C(F)(F)F)[C@H](C)CC2)CC1.CC. The third-order valence-electron chi connectivity index (χ3n) is 7.41. The van der Waals surface area contributed by atoms with E-state index >= 15 is 0 Å². The topological polar surface area (TPSA) is 63.7 Å². The van der Waals surface area contributed by atoms with Gasteiger partial charge in [-0.25, -0.2) is 8.42 Å². The quantitative estimate of drug-likeness (QED) is 0.227. The summed E-state index contributed by atoms with van der Waals surface area (Å²) in [5.74, 6) is 4.81. The van der Waals surface area contributed by atoms with Crippen LogP contribution in [0.5, 0.6) is 5.75 Å². The molecule has 1 saturated carbocycles. The van der Waals surface area contributed by atoms with Crippen LogP contribution in [-0.4, -0.2) is 74.0 Å². The van der Waals surface area contributed by atoms with Gasteiger partial charge in [-0.3, -0.25) is 4.79 Å². The number of likely N-dealkylation sites (tertiary alicyclic amines) is 1. The number of ether oxygens (including phenoxy) is 1. The molecular weight excluding hydrogens is 580 g/mol. The lowest BCUT2D eigenvalue weighted by Gasteiger charge is -2.34. The minimum Gasteiger partial charge on any atom is -0.490 e. The number of thioether (sulfide) groups is 1. The first kappa shape index (κ1) is 33.0. The van der Waals surface area contributed by atoms with Crippen LogP contribution in [0.3, 0.4) is 0 Å². The number of piperidine rings is 1. The molecular formula is C29H42F3NO4S3. The molecule has 2 aliphatic carbocycles. The molecule has 11 heteroatoms. The second kappa shape index (κ2) is 13.7. The van der Waals surface area contributed by atoms with Crippen molar-refractivity contribution in [2.24, 2.45) is 11.8 Å². The molecule has 4 rings (SSSR count). The number of nitrogens with zero attached hydrogens (tertiary/aromatic N) is 1. The van der Waals surface area contributed by atoms with E-state index in [4.69, 9.17) is 4.74 Å². The lowest BCUT2D eigenvalue weighted by Crippen LogP contribution is -2.40. The van der Waals surface area contributed by atoms with Crippen molar-refractivity contribution in [3.8, 4) is 5.75 Å². The van der Waals surface area contributed by atoms with Gasteiger partial charge in [0.1, 0.15) is 5.75 Å². The van der Waals surface area contributed by atoms with E-state index in [9.17, 15) is 26.4 Å². The Balaban J connectivity index is 0.00000216. The molecule has 1 aliphatic heterocycles. The van der Waals surface area contributed by atoms with Crippen molar-refractivity contribution in [3.05, 3.63) is 29.3 Å². The largest absolute Gasteiger partial charge is 0.490 e. The van der Waals surface area contributed by atoms with Gasteiger partial charge >= 0.3 is 6.18 Å². The number of halogens is 3. The van der Waals surface area contributed by atoms with Crippen LogP contribution in [0.15, 0.2) is 33.6 Å². The molecule has 0 bridgehead atoms. The summed E-state index contributed by atoms with van der Waals surface area (Å²) >= 11 is 1.58. The molecule has 2 fully saturated rings. The molecule has 1 saturated heterocycles. The number of carbonyl (C=O) groups is 1. The molecule has 0 aromatic heterocycles. The smallest absolute Gasteiger partial charge is 0.412 e. The fraction of sp³-hybridized carbons (Fsp3) is 0.655. The normalized spacial score (nSPS) is 23.1. The molecule has 3 atom stereocenters. The van der Waals surface area contributed by atoms with Gasteiger partial charge in [-0.1, -0.05) is 32.7 Å². The predicted octanol–water partition coefficient (Wildman–Crippen LogP) is 7.22. The fourth-order valence-electron chi connectivity index (χ4n) is 5.03. The summed E-state index contributed by atoms with van der Waals surface area (Å²) in [4.78, 5) is 16.0. The Morgan fingerprint density at radius 3 is 2.27 bits per heavy atom. The first-order valence-electron chi connectivity index (χ1n) is 13.9. The first-order valence-corrected chi connectivity index (χ1v) is 18.7. The van der Waals surface area contributed by atoms with Crippen LogP contribution < -0.4 is 4.74 Å². The molecule has 226 valence electrons. The zero-order valence-electron chi connectivity index (χ0n) is 24.1. The maximum absolute atomic E-state index is 13.7. The Kier molecular flexibility index (Phi) is 11.3. The molecule has 1 heterocycles. The number of hydrogen-bond donors (Lipinski definition) is 0. The van der Waals surface area contributed by atoms with E-state index in [0.29, 0.717) is 36.1 Å². The highest BCUT2D eigenvalue weighted by molar-refractivity contribution is 8.13. The minimum atomic E-state index is -4.28. The number of carbonyl (C=O) groups excluding carboxylic acids is 1. The maximum Gasteiger partial charge on any atom is 0.412 e. The number of sulfone groups is 1. The number of allylic oxidation sites excluding steroid dienone is 1. The molecule has 1 aromatic rings. The van der Waals surface area contributed by atoms with E-state index < -0.39 is 38.0 Å². The van der Waals surface area contributed by atoms with Crippen molar-refractivity contribution < 1.29 is 31.1 Å². The summed E-state index contributed by atoms with van der Waals surface area (Å²) in [7, 11) is -4.32. The van der Waals surface area contributed by atoms with E-state index in [2.05, 4.69) is 5.87 Å². The second-order valence-electron chi connectivity index (χ2n) is 10.7. The highest BCUT2D eigenvalue weighted by Crippen LogP contribution is 2.41. The lowest BCUT2D eigenvalue weighted by molar-refractivity contribution is -0.0997. The van der Waals surface area contributed by atoms with Gasteiger partial charge in [-0.2, -0.15) is 35.4 Å². The average Bonchev–Trinajstić information content (AvgIpc) is 3.71. The summed E-state index contributed by atoms with van der Waals surface area (Å²) in [5.41, 5.74) is -0.224. The predicted molar refractivity (Wildman–Crippen MR) is 161 cm³/mol. The van der Waals surface area contributed by atoms with Crippen molar-refractivity contribution in [1.29, 1.82) is 0 Å². The van der Waals surface area contributed by atoms with Crippen LogP contribution in [0.2, 0.25) is 0 Å². The monoisotopic (exact) mass is 621 g/mol. The van der Waals surface area contributed by atoms with Crippen molar-refractivity contribution in [3.63, 3.8) is 0 Å². The molecule has 0 radical (unpaired) electrons. The van der Waals surface area contributed by atoms with Gasteiger partial charge in [0.15, 0.2) is 9.84 Å². The Bertz CT molecular complexity index is 1220. The van der Waals surface area contributed by atoms with Gasteiger partial charge in [-0.15, -0.1) is 0 Å². The summed E-state index contributed by atoms with van der Waals surface area (Å²) in [6.45, 7) is 6.59. The molecule has 2 unspecified atom stereocenters. The second-order valence-corrected chi connectivity index (χ2v) is 15.7. The Hall–Kier alpha value is -1.46. The van der Waals surface area contributed by atoms with Crippen LogP contribution in [0, 0.1) is 11.8 Å². The zero-order chi connectivity index (χ0) is 29.8. The average molecular weight is 622 g/mol. The molecule has 1 aromatic carbocycles. The summed E-state index contributed by atoms with van der Waals surface area (Å²) in [6.07, 6.45) is 4.77. The Labute approximate surface area is 244 Å². The number of amides is 1. The van der Waals surface area contributed by atoms with Gasteiger partial charge in [0.05, 0.1) is 16.6 Å². The highest BCUT2D eigenvalue weighted by Gasteiger charge is 2.39. The van der Waals surface area contributed by atoms with Crippen molar-refractivity contribution in [2.45, 2.75) is 86.6 Å². The molecule has 0 spiro atoms. The molecule has 5 nitrogen and oxygen atoms in total. The van der Waals surface area contributed by atoms with E-state index in [1.165, 1.54) is 12.1 Å². The van der Waals surface area contributed by atoms with Crippen LogP contribution in [0.1, 0.15) is 69.7 Å². The number of hydrogen-bond acceptors (Lipinski definition) is 5. The number of alkyl halides is 3. The third-order valence-corrected chi connectivity index (χ3v) is 11.1. The summed E-state index contributed by atoms with van der Waals surface area (Å²) in [6, 6.07) is 3.22. The highest BCUT2D eigenvalue weighted by atomic mass is 32.2. The maximum atomic E-state index is 13.7. The summed E-state index contributed by atoms with van der Waals surface area (Å²) in [5, 5.41) is -0.140. The standard InChI is InChI=1S/C27H36F3NO4S3.C2H6/c1-17-5-8-21(15-22(17)27(28,29)30)36-16-18-9-11-31(12-10-18)26(32)25-23(37(2)3)13-20(35-19-6-7-19)14-24(25)38(4,33)34;1-2/h13-15,17-19,21H,2,5-12,16H2,1,3-4H3;1-2H3/t17-,21?,37?;/m1./s1. The Morgan fingerprint density at radius 1 is 1.12 bits per heavy atom. The fourth-order valence-corrected chi connectivity index (χ4v) is 8.26. The molecule has 40 heavy (non-hydrogen) atoms. The van der Waals surface area contributed by atoms with Crippen molar-refractivity contribution >= 4 is 43.9 Å². The van der Waals surface area contributed by atoms with Gasteiger partial charge in [0.25, 0.3) is 5.91 Å². The van der Waals surface area contributed by atoms with Crippen molar-refractivity contribution in [2.75, 3.05) is 31.4 Å². The third kappa shape index (κ3) is 8.53. The van der Waals surface area contributed by atoms with Crippen LogP contribution in [0.25, 0.3) is 0 Å². The van der Waals surface area contributed by atoms with Gasteiger partial charge in [0, 0.05) is 35.1 Å². The van der Waals surface area contributed by atoms with E-state index in [0.717, 1.165) is 44.1 Å². The van der Waals surface area contributed by atoms with Gasteiger partial charge in [0.2, 0.25) is 0 Å². The minimum absolute atomic E-state index is 0.0184. The van der Waals surface area contributed by atoms with E-state index in [1.807, 2.05) is 20.1 Å². The summed E-state index contributed by atoms with van der Waals surface area (Å²) < 4.78 is 71.3. The van der Waals surface area contributed by atoms with Crippen LogP contribution in [0.4, 0.5) is 13.2 Å². The molecule has 1 amide bonds. The van der Waals surface area contributed by atoms with Crippen LogP contribution >= 0.6 is 22.2 Å². The zero-order valence-corrected chi connectivity index (χ0v) is 26.5. The lowest BCUT2D eigenvalue weighted by atomic mass is 9.88. The van der Waals surface area contributed by atoms with Crippen molar-refractivity contribution in [1.82, 2.24) is 4.90 Å². The number of benzene rings is 1.